The van der Waals surface area contributed by atoms with E-state index in [-0.39, 0.29) is 12.2 Å². The van der Waals surface area contributed by atoms with Gasteiger partial charge in [-0.05, 0) is 68.6 Å². The number of ether oxygens (including phenoxy) is 1. The highest BCUT2D eigenvalue weighted by molar-refractivity contribution is 5.03. The Bertz CT molecular complexity index is 520. The highest BCUT2D eigenvalue weighted by Crippen LogP contribution is 2.41. The van der Waals surface area contributed by atoms with Crippen LogP contribution in [0.2, 0.25) is 0 Å². The second-order valence-electron chi connectivity index (χ2n) is 10.3. The normalized spacial score (nSPS) is 36.6. The van der Waals surface area contributed by atoms with E-state index in [4.69, 9.17) is 4.74 Å². The maximum absolute atomic E-state index is 13.8. The number of rotatable bonds is 7. The first kappa shape index (κ1) is 24.1. The Labute approximate surface area is 180 Å². The van der Waals surface area contributed by atoms with Crippen molar-refractivity contribution in [3.8, 4) is 0 Å². The van der Waals surface area contributed by atoms with Gasteiger partial charge in [0.05, 0.1) is 12.2 Å². The first-order chi connectivity index (χ1) is 14.3. The van der Waals surface area contributed by atoms with Gasteiger partial charge in [0.2, 0.25) is 0 Å². The molecule has 5 heteroatoms. The summed E-state index contributed by atoms with van der Waals surface area (Å²) in [6.45, 7) is 3.12. The second kappa shape index (κ2) is 11.3. The molecule has 3 fully saturated rings. The lowest BCUT2D eigenvalue weighted by atomic mass is 9.75. The van der Waals surface area contributed by atoms with Crippen LogP contribution in [0.1, 0.15) is 96.8 Å². The van der Waals surface area contributed by atoms with Crippen molar-refractivity contribution in [1.82, 2.24) is 0 Å². The van der Waals surface area contributed by atoms with Crippen molar-refractivity contribution in [3.63, 3.8) is 0 Å². The largest absolute Gasteiger partial charge is 0.412 e. The summed E-state index contributed by atoms with van der Waals surface area (Å²) in [6.07, 6.45) is 11.3. The maximum atomic E-state index is 13.8. The molecule has 2 saturated carbocycles. The zero-order valence-corrected chi connectivity index (χ0v) is 18.6. The van der Waals surface area contributed by atoms with Crippen LogP contribution in [0.5, 0.6) is 0 Å². The molecule has 3 rings (SSSR count). The summed E-state index contributed by atoms with van der Waals surface area (Å²) in [6, 6.07) is 0. The molecule has 0 N–H and O–H groups in total. The van der Waals surface area contributed by atoms with Gasteiger partial charge >= 0.3 is 6.18 Å². The third-order valence-corrected chi connectivity index (χ3v) is 8.04. The van der Waals surface area contributed by atoms with E-state index in [1.807, 2.05) is 0 Å². The van der Waals surface area contributed by atoms with E-state index in [9.17, 15) is 17.6 Å². The highest BCUT2D eigenvalue weighted by Gasteiger charge is 2.34. The molecule has 0 radical (unpaired) electrons. The molecule has 1 saturated heterocycles. The van der Waals surface area contributed by atoms with E-state index in [2.05, 4.69) is 6.92 Å². The molecular weight excluding hydrogens is 392 g/mol. The van der Waals surface area contributed by atoms with E-state index in [0.717, 1.165) is 37.7 Å². The Kier molecular flexibility index (Phi) is 9.09. The van der Waals surface area contributed by atoms with E-state index < -0.39 is 17.9 Å². The Morgan fingerprint density at radius 3 is 1.90 bits per heavy atom. The molecule has 0 bridgehead atoms. The van der Waals surface area contributed by atoms with Crippen LogP contribution >= 0.6 is 0 Å². The van der Waals surface area contributed by atoms with Crippen molar-refractivity contribution >= 4 is 0 Å². The van der Waals surface area contributed by atoms with Gasteiger partial charge in [0.1, 0.15) is 5.83 Å². The van der Waals surface area contributed by atoms with E-state index in [0.29, 0.717) is 24.7 Å². The summed E-state index contributed by atoms with van der Waals surface area (Å²) >= 11 is 0. The maximum Gasteiger partial charge on any atom is 0.412 e. The fraction of sp³-hybridized carbons (Fsp3) is 0.920. The number of hydrogen-bond acceptors (Lipinski definition) is 1. The summed E-state index contributed by atoms with van der Waals surface area (Å²) in [5, 5.41) is 0. The van der Waals surface area contributed by atoms with Crippen molar-refractivity contribution in [2.45, 2.75) is 109 Å². The number of hydrogen-bond donors (Lipinski definition) is 0. The smallest absolute Gasteiger partial charge is 0.378 e. The third kappa shape index (κ3) is 7.53. The lowest BCUT2D eigenvalue weighted by molar-refractivity contribution is -0.0826. The van der Waals surface area contributed by atoms with Crippen molar-refractivity contribution in [2.24, 2.45) is 29.6 Å². The lowest BCUT2D eigenvalue weighted by Gasteiger charge is -2.38. The van der Waals surface area contributed by atoms with Crippen molar-refractivity contribution < 1.29 is 22.3 Å². The fourth-order valence-electron chi connectivity index (χ4n) is 6.16. The minimum absolute atomic E-state index is 0.157. The van der Waals surface area contributed by atoms with Gasteiger partial charge in [0.15, 0.2) is 0 Å². The van der Waals surface area contributed by atoms with E-state index in [1.54, 1.807) is 0 Å². The molecule has 174 valence electrons. The molecular formula is C25H40F4O. The van der Waals surface area contributed by atoms with Crippen LogP contribution in [0.15, 0.2) is 11.9 Å². The molecule has 0 amide bonds. The van der Waals surface area contributed by atoms with E-state index >= 15 is 0 Å². The summed E-state index contributed by atoms with van der Waals surface area (Å²) in [5.74, 6) is 1.37. The van der Waals surface area contributed by atoms with Gasteiger partial charge in [0, 0.05) is 12.5 Å². The van der Waals surface area contributed by atoms with Crippen LogP contribution in [0.4, 0.5) is 17.6 Å². The molecule has 3 aliphatic rings. The minimum Gasteiger partial charge on any atom is -0.378 e. The Balaban J connectivity index is 1.31. The van der Waals surface area contributed by atoms with Crippen molar-refractivity contribution in [3.05, 3.63) is 11.9 Å². The summed E-state index contributed by atoms with van der Waals surface area (Å²) in [5.41, 5.74) is 0. The Morgan fingerprint density at radius 1 is 0.800 bits per heavy atom. The first-order valence-electron chi connectivity index (χ1n) is 12.4. The van der Waals surface area contributed by atoms with Crippen LogP contribution in [0, 0.1) is 29.6 Å². The van der Waals surface area contributed by atoms with Crippen LogP contribution in [-0.2, 0) is 4.74 Å². The number of allylic oxidation sites excluding steroid dienone is 2. The molecule has 1 nitrogen and oxygen atoms in total. The van der Waals surface area contributed by atoms with Gasteiger partial charge in [-0.25, -0.2) is 4.39 Å². The average Bonchev–Trinajstić information content (AvgIpc) is 2.73. The number of alkyl halides is 3. The van der Waals surface area contributed by atoms with Crippen molar-refractivity contribution in [2.75, 3.05) is 6.61 Å². The average molecular weight is 433 g/mol. The topological polar surface area (TPSA) is 9.23 Å². The Hall–Kier alpha value is -0.580. The SMILES string of the molecule is CCCC1CCC(CCC2CCC(C3CCC(C(F)=CC(F)(F)F)CC3)OC2)CC1. The highest BCUT2D eigenvalue weighted by atomic mass is 19.4. The molecule has 2 aliphatic carbocycles. The van der Waals surface area contributed by atoms with Crippen LogP contribution in [0.3, 0.4) is 0 Å². The van der Waals surface area contributed by atoms with Gasteiger partial charge in [-0.15, -0.1) is 0 Å². The van der Waals surface area contributed by atoms with Crippen LogP contribution in [0.25, 0.3) is 0 Å². The van der Waals surface area contributed by atoms with Gasteiger partial charge in [-0.3, -0.25) is 0 Å². The van der Waals surface area contributed by atoms with Crippen LogP contribution < -0.4 is 0 Å². The molecule has 1 heterocycles. The molecule has 0 spiro atoms. The second-order valence-corrected chi connectivity index (χ2v) is 10.3. The number of halogens is 4. The molecule has 30 heavy (non-hydrogen) atoms. The van der Waals surface area contributed by atoms with Gasteiger partial charge in [0.25, 0.3) is 0 Å². The summed E-state index contributed by atoms with van der Waals surface area (Å²) < 4.78 is 57.1. The van der Waals surface area contributed by atoms with Crippen LogP contribution in [-0.4, -0.2) is 18.9 Å². The predicted molar refractivity (Wildman–Crippen MR) is 113 cm³/mol. The van der Waals surface area contributed by atoms with Gasteiger partial charge in [-0.1, -0.05) is 51.9 Å². The lowest BCUT2D eigenvalue weighted by Crippen LogP contribution is -2.34. The van der Waals surface area contributed by atoms with Gasteiger partial charge < -0.3 is 4.74 Å². The van der Waals surface area contributed by atoms with Crippen molar-refractivity contribution in [1.29, 1.82) is 0 Å². The predicted octanol–water partition coefficient (Wildman–Crippen LogP) is 8.39. The minimum atomic E-state index is -4.56. The molecule has 0 aromatic carbocycles. The molecule has 0 aromatic heterocycles. The monoisotopic (exact) mass is 432 g/mol. The quantitative estimate of drug-likeness (QED) is 0.367. The zero-order valence-electron chi connectivity index (χ0n) is 18.6. The zero-order chi connectivity index (χ0) is 21.6. The van der Waals surface area contributed by atoms with E-state index in [1.165, 1.54) is 57.8 Å². The summed E-state index contributed by atoms with van der Waals surface area (Å²) in [7, 11) is 0. The first-order valence-corrected chi connectivity index (χ1v) is 12.4. The standard InChI is InChI=1S/C25H40F4O/c1-2-3-18-4-6-19(7-5-18)8-9-20-10-15-24(30-17-20)22-13-11-21(12-14-22)23(26)16-25(27,28)29/h16,18-22,24H,2-15,17H2,1H3. The molecule has 0 aromatic rings. The molecule has 2 unspecified atom stereocenters. The molecule has 2 atom stereocenters. The Morgan fingerprint density at radius 2 is 1.37 bits per heavy atom. The third-order valence-electron chi connectivity index (χ3n) is 8.04. The summed E-state index contributed by atoms with van der Waals surface area (Å²) in [4.78, 5) is 0. The van der Waals surface area contributed by atoms with Gasteiger partial charge in [-0.2, -0.15) is 13.2 Å². The fourth-order valence-corrected chi connectivity index (χ4v) is 6.16. The molecule has 1 aliphatic heterocycles.